The number of phenolic OH excluding ortho intramolecular Hbond substituents is 1. The molecular formula is C12H10O3. The van der Waals surface area contributed by atoms with Gasteiger partial charge in [-0.1, -0.05) is 12.8 Å². The lowest BCUT2D eigenvalue weighted by Crippen LogP contribution is -1.97. The minimum atomic E-state index is -0.151. The van der Waals surface area contributed by atoms with Crippen LogP contribution in [0.2, 0.25) is 0 Å². The molecule has 1 aromatic rings. The van der Waals surface area contributed by atoms with Gasteiger partial charge in [0.25, 0.3) is 0 Å². The van der Waals surface area contributed by atoms with E-state index in [1.807, 2.05) is 0 Å². The van der Waals surface area contributed by atoms with E-state index in [1.165, 1.54) is 12.1 Å². The Balaban J connectivity index is 3.16. The fourth-order valence-corrected chi connectivity index (χ4v) is 1.14. The van der Waals surface area contributed by atoms with Crippen LogP contribution >= 0.6 is 0 Å². The van der Waals surface area contributed by atoms with Crippen molar-refractivity contribution in [2.45, 2.75) is 13.3 Å². The monoisotopic (exact) mass is 202 g/mol. The van der Waals surface area contributed by atoms with Crippen molar-refractivity contribution in [3.8, 4) is 17.6 Å². The van der Waals surface area contributed by atoms with Crippen LogP contribution in [-0.4, -0.2) is 17.2 Å². The molecule has 0 spiro atoms. The van der Waals surface area contributed by atoms with Gasteiger partial charge in [0, 0.05) is 12.0 Å². The Morgan fingerprint density at radius 2 is 2.27 bits per heavy atom. The Bertz CT molecular complexity index is 450. The summed E-state index contributed by atoms with van der Waals surface area (Å²) in [4.78, 5) is 21.4. The van der Waals surface area contributed by atoms with E-state index in [9.17, 15) is 14.7 Å². The van der Waals surface area contributed by atoms with Crippen LogP contribution in [0.4, 0.5) is 0 Å². The molecule has 1 aromatic carbocycles. The molecule has 0 amide bonds. The van der Waals surface area contributed by atoms with Crippen molar-refractivity contribution in [2.75, 3.05) is 0 Å². The van der Waals surface area contributed by atoms with Crippen molar-refractivity contribution in [3.63, 3.8) is 0 Å². The first kappa shape index (κ1) is 11.0. The van der Waals surface area contributed by atoms with Crippen LogP contribution in [0.1, 0.15) is 29.3 Å². The molecule has 1 N–H and O–H groups in total. The first-order valence-corrected chi connectivity index (χ1v) is 4.50. The second kappa shape index (κ2) is 4.97. The number of carbonyl (C=O) groups excluding carboxylic acids is 2. The number of carbonyl (C=O) groups is 2. The summed E-state index contributed by atoms with van der Waals surface area (Å²) in [5, 5.41) is 9.42. The summed E-state index contributed by atoms with van der Waals surface area (Å²) in [6.07, 6.45) is 0.798. The largest absolute Gasteiger partial charge is 0.507 e. The summed E-state index contributed by atoms with van der Waals surface area (Å²) in [7, 11) is 0. The lowest BCUT2D eigenvalue weighted by Gasteiger charge is -2.01. The third-order valence-corrected chi connectivity index (χ3v) is 1.89. The molecule has 0 saturated carbocycles. The van der Waals surface area contributed by atoms with Crippen LogP contribution in [0.25, 0.3) is 0 Å². The Kier molecular flexibility index (Phi) is 3.64. The Morgan fingerprint density at radius 1 is 1.53 bits per heavy atom. The van der Waals surface area contributed by atoms with Gasteiger partial charge in [0.2, 0.25) is 0 Å². The maximum Gasteiger partial charge on any atom is 0.193 e. The van der Waals surface area contributed by atoms with Crippen LogP contribution in [0.15, 0.2) is 18.2 Å². The van der Waals surface area contributed by atoms with E-state index < -0.39 is 0 Å². The molecule has 0 atom stereocenters. The number of hydrogen-bond donors (Lipinski definition) is 1. The zero-order chi connectivity index (χ0) is 11.3. The Labute approximate surface area is 87.7 Å². The number of aromatic hydroxyl groups is 1. The summed E-state index contributed by atoms with van der Waals surface area (Å²) < 4.78 is 0. The molecule has 0 unspecified atom stereocenters. The number of rotatable bonds is 2. The van der Waals surface area contributed by atoms with Crippen molar-refractivity contribution >= 4 is 12.1 Å². The zero-order valence-corrected chi connectivity index (χ0v) is 8.28. The van der Waals surface area contributed by atoms with Gasteiger partial charge in [-0.3, -0.25) is 9.59 Å². The SMILES string of the molecule is CCC(=O)c1cc(C#CC=O)ccc1O. The van der Waals surface area contributed by atoms with Crippen molar-refractivity contribution in [1.29, 1.82) is 0 Å². The van der Waals surface area contributed by atoms with E-state index >= 15 is 0 Å². The molecule has 0 aliphatic heterocycles. The molecule has 0 saturated heterocycles. The number of benzene rings is 1. The molecule has 0 aliphatic rings. The maximum absolute atomic E-state index is 11.4. The van der Waals surface area contributed by atoms with Crippen molar-refractivity contribution in [3.05, 3.63) is 29.3 Å². The number of phenols is 1. The highest BCUT2D eigenvalue weighted by Crippen LogP contribution is 2.19. The molecule has 3 heteroatoms. The highest BCUT2D eigenvalue weighted by atomic mass is 16.3. The fourth-order valence-electron chi connectivity index (χ4n) is 1.14. The average Bonchev–Trinajstić information content (AvgIpc) is 2.27. The molecule has 0 bridgehead atoms. The number of hydrogen-bond acceptors (Lipinski definition) is 3. The molecule has 76 valence electrons. The van der Waals surface area contributed by atoms with E-state index in [-0.39, 0.29) is 17.1 Å². The summed E-state index contributed by atoms with van der Waals surface area (Å²) in [6.45, 7) is 1.71. The predicted molar refractivity (Wildman–Crippen MR) is 55.7 cm³/mol. The van der Waals surface area contributed by atoms with Gasteiger partial charge in [0.1, 0.15) is 5.75 Å². The molecule has 0 radical (unpaired) electrons. The fraction of sp³-hybridized carbons (Fsp3) is 0.167. The number of ketones is 1. The summed E-state index contributed by atoms with van der Waals surface area (Å²) in [5.74, 6) is 4.60. The van der Waals surface area contributed by atoms with Gasteiger partial charge in [-0.15, -0.1) is 0 Å². The van der Waals surface area contributed by atoms with Crippen LogP contribution in [0, 0.1) is 11.8 Å². The van der Waals surface area contributed by atoms with Gasteiger partial charge >= 0.3 is 0 Å². The molecule has 0 aliphatic carbocycles. The minimum absolute atomic E-state index is 0.0569. The molecule has 0 fully saturated rings. The van der Waals surface area contributed by atoms with Gasteiger partial charge in [0.15, 0.2) is 12.1 Å². The average molecular weight is 202 g/mol. The van der Waals surface area contributed by atoms with Crippen molar-refractivity contribution < 1.29 is 14.7 Å². The smallest absolute Gasteiger partial charge is 0.193 e. The third kappa shape index (κ3) is 2.68. The maximum atomic E-state index is 11.4. The highest BCUT2D eigenvalue weighted by Gasteiger charge is 2.08. The van der Waals surface area contributed by atoms with Gasteiger partial charge in [-0.25, -0.2) is 0 Å². The topological polar surface area (TPSA) is 54.4 Å². The standard InChI is InChI=1S/C12H10O3/c1-2-11(14)10-8-9(4-3-7-13)5-6-12(10)15/h5-8,15H,2H2,1H3. The second-order valence-corrected chi connectivity index (χ2v) is 2.90. The van der Waals surface area contributed by atoms with Gasteiger partial charge in [-0.2, -0.15) is 0 Å². The third-order valence-electron chi connectivity index (χ3n) is 1.89. The first-order valence-electron chi connectivity index (χ1n) is 4.50. The normalized spacial score (nSPS) is 8.87. The van der Waals surface area contributed by atoms with Gasteiger partial charge in [0.05, 0.1) is 5.56 Å². The lowest BCUT2D eigenvalue weighted by molar-refractivity contribution is -0.103. The van der Waals surface area contributed by atoms with E-state index in [1.54, 1.807) is 13.0 Å². The minimum Gasteiger partial charge on any atom is -0.507 e. The van der Waals surface area contributed by atoms with Gasteiger partial charge in [-0.05, 0) is 24.1 Å². The number of Topliss-reactive ketones (excluding diaryl/α,β-unsaturated/α-hetero) is 1. The van der Waals surface area contributed by atoms with Crippen molar-refractivity contribution in [2.24, 2.45) is 0 Å². The lowest BCUT2D eigenvalue weighted by atomic mass is 10.0. The molecule has 3 nitrogen and oxygen atoms in total. The quantitative estimate of drug-likeness (QED) is 0.449. The van der Waals surface area contributed by atoms with Gasteiger partial charge < -0.3 is 5.11 Å². The molecule has 15 heavy (non-hydrogen) atoms. The molecular weight excluding hydrogens is 192 g/mol. The van der Waals surface area contributed by atoms with E-state index in [0.717, 1.165) is 0 Å². The summed E-state index contributed by atoms with van der Waals surface area (Å²) >= 11 is 0. The summed E-state index contributed by atoms with van der Waals surface area (Å²) in [6, 6.07) is 4.44. The Hall–Kier alpha value is -2.08. The van der Waals surface area contributed by atoms with Crippen LogP contribution < -0.4 is 0 Å². The summed E-state index contributed by atoms with van der Waals surface area (Å²) in [5.41, 5.74) is 0.784. The molecule has 0 aromatic heterocycles. The van der Waals surface area contributed by atoms with Crippen LogP contribution in [0.5, 0.6) is 5.75 Å². The van der Waals surface area contributed by atoms with E-state index in [0.29, 0.717) is 18.3 Å². The van der Waals surface area contributed by atoms with E-state index in [4.69, 9.17) is 0 Å². The predicted octanol–water partition coefficient (Wildman–Crippen LogP) is 1.54. The first-order chi connectivity index (χ1) is 7.19. The highest BCUT2D eigenvalue weighted by molar-refractivity contribution is 5.98. The van der Waals surface area contributed by atoms with Crippen LogP contribution in [-0.2, 0) is 4.79 Å². The Morgan fingerprint density at radius 3 is 2.87 bits per heavy atom. The molecule has 0 heterocycles. The zero-order valence-electron chi connectivity index (χ0n) is 8.28. The van der Waals surface area contributed by atoms with Crippen molar-refractivity contribution in [1.82, 2.24) is 0 Å². The second-order valence-electron chi connectivity index (χ2n) is 2.90. The van der Waals surface area contributed by atoms with Crippen LogP contribution in [0.3, 0.4) is 0 Å². The molecule has 1 rings (SSSR count). The number of aldehydes is 1. The van der Waals surface area contributed by atoms with E-state index in [2.05, 4.69) is 11.8 Å².